The van der Waals surface area contributed by atoms with Gasteiger partial charge in [0.05, 0.1) is 23.6 Å². The van der Waals surface area contributed by atoms with Gasteiger partial charge in [-0.05, 0) is 24.6 Å². The van der Waals surface area contributed by atoms with Crippen LogP contribution >= 0.6 is 0 Å². The largest absolute Gasteiger partial charge is 0.410 e. The molecule has 0 fully saturated rings. The summed E-state index contributed by atoms with van der Waals surface area (Å²) in [6.45, 7) is 1.67. The first kappa shape index (κ1) is 23.5. The van der Waals surface area contributed by atoms with Crippen LogP contribution in [0.4, 0.5) is 24.7 Å². The van der Waals surface area contributed by atoms with Gasteiger partial charge >= 0.3 is 6.18 Å². The quantitative estimate of drug-likeness (QED) is 0.433. The van der Waals surface area contributed by atoms with Crippen molar-refractivity contribution in [3.8, 4) is 5.69 Å². The first-order valence-corrected chi connectivity index (χ1v) is 11.3. The minimum atomic E-state index is -4.57. The van der Waals surface area contributed by atoms with E-state index in [0.717, 1.165) is 10.9 Å². The van der Waals surface area contributed by atoms with Crippen LogP contribution in [0.5, 0.6) is 0 Å². The number of rotatable bonds is 4. The van der Waals surface area contributed by atoms with Gasteiger partial charge in [-0.1, -0.05) is 48.5 Å². The standard InChI is InChI=1S/C25H23F3N6O2/c1-15-21(24(36)34(32(15)2)17-11-7-4-8-12-17)31-23(35)18-14-29-33-20(25(26,27)28)13-19(30-22(18)33)16-9-5-3-6-10-16/h3-12,14,19-20,30H,13H2,1-2H3,(H,31,35)/t19-,20+/m0/s1. The van der Waals surface area contributed by atoms with Crippen molar-refractivity contribution < 1.29 is 18.0 Å². The number of carbonyl (C=O) groups is 1. The smallest absolute Gasteiger partial charge is 0.363 e. The predicted molar refractivity (Wildman–Crippen MR) is 128 cm³/mol. The van der Waals surface area contributed by atoms with E-state index in [1.807, 2.05) is 6.07 Å². The molecule has 4 aromatic rings. The number of anilines is 2. The van der Waals surface area contributed by atoms with Gasteiger partial charge < -0.3 is 10.6 Å². The summed E-state index contributed by atoms with van der Waals surface area (Å²) in [6.07, 6.45) is -3.75. The first-order valence-electron chi connectivity index (χ1n) is 11.3. The van der Waals surface area contributed by atoms with Gasteiger partial charge in [0.25, 0.3) is 11.5 Å². The van der Waals surface area contributed by atoms with Crippen molar-refractivity contribution in [1.82, 2.24) is 19.1 Å². The fourth-order valence-electron chi connectivity index (χ4n) is 4.53. The lowest BCUT2D eigenvalue weighted by atomic mass is 9.96. The van der Waals surface area contributed by atoms with Crippen LogP contribution in [0, 0.1) is 6.92 Å². The Morgan fingerprint density at radius 2 is 1.72 bits per heavy atom. The zero-order valence-electron chi connectivity index (χ0n) is 19.5. The molecule has 2 aromatic carbocycles. The molecule has 1 aliphatic heterocycles. The molecule has 3 heterocycles. The average molecular weight is 496 g/mol. The summed E-state index contributed by atoms with van der Waals surface area (Å²) in [4.78, 5) is 26.4. The number of hydrogen-bond acceptors (Lipinski definition) is 4. The lowest BCUT2D eigenvalue weighted by Crippen LogP contribution is -2.36. The molecule has 0 spiro atoms. The number of aromatic nitrogens is 4. The Labute approximate surface area is 203 Å². The van der Waals surface area contributed by atoms with Crippen LogP contribution in [0.2, 0.25) is 0 Å². The van der Waals surface area contributed by atoms with E-state index in [0.29, 0.717) is 16.9 Å². The van der Waals surface area contributed by atoms with Crippen molar-refractivity contribution in [2.45, 2.75) is 31.6 Å². The maximum Gasteiger partial charge on any atom is 0.410 e. The lowest BCUT2D eigenvalue weighted by molar-refractivity contribution is -0.173. The molecule has 0 saturated heterocycles. The summed E-state index contributed by atoms with van der Waals surface area (Å²) in [5.74, 6) is -0.781. The Morgan fingerprint density at radius 3 is 2.36 bits per heavy atom. The van der Waals surface area contributed by atoms with Gasteiger partial charge in [0.1, 0.15) is 17.1 Å². The van der Waals surface area contributed by atoms with Crippen molar-refractivity contribution in [1.29, 1.82) is 0 Å². The molecule has 0 bridgehead atoms. The third kappa shape index (κ3) is 3.96. The fraction of sp³-hybridized carbons (Fsp3) is 0.240. The SMILES string of the molecule is Cc1c(NC(=O)c2cnn3c2N[C@H](c2ccccc2)C[C@@H]3C(F)(F)F)c(=O)n(-c2ccccc2)n1C. The predicted octanol–water partition coefficient (Wildman–Crippen LogP) is 4.59. The second-order valence-electron chi connectivity index (χ2n) is 8.64. The minimum Gasteiger partial charge on any atom is -0.363 e. The third-order valence-corrected chi connectivity index (χ3v) is 6.48. The van der Waals surface area contributed by atoms with Gasteiger partial charge in [0.2, 0.25) is 0 Å². The molecule has 0 saturated carbocycles. The Bertz CT molecular complexity index is 1470. The molecule has 5 rings (SSSR count). The molecule has 1 aliphatic rings. The van der Waals surface area contributed by atoms with E-state index >= 15 is 0 Å². The highest BCUT2D eigenvalue weighted by molar-refractivity contribution is 6.07. The number of benzene rings is 2. The zero-order valence-corrected chi connectivity index (χ0v) is 19.5. The van der Waals surface area contributed by atoms with Gasteiger partial charge in [-0.25, -0.2) is 9.36 Å². The monoisotopic (exact) mass is 496 g/mol. The van der Waals surface area contributed by atoms with Crippen LogP contribution in [0.1, 0.15) is 40.1 Å². The molecular weight excluding hydrogens is 473 g/mol. The molecule has 1 amide bonds. The van der Waals surface area contributed by atoms with Crippen LogP contribution in [0.15, 0.2) is 71.7 Å². The van der Waals surface area contributed by atoms with Crippen molar-refractivity contribution in [2.75, 3.05) is 10.6 Å². The Hall–Kier alpha value is -4.28. The molecule has 0 aliphatic carbocycles. The van der Waals surface area contributed by atoms with Crippen molar-refractivity contribution in [2.24, 2.45) is 7.05 Å². The number of alkyl halides is 3. The summed E-state index contributed by atoms with van der Waals surface area (Å²) in [5, 5.41) is 9.55. The number of hydrogen-bond donors (Lipinski definition) is 2. The van der Waals surface area contributed by atoms with Crippen LogP contribution in [0.25, 0.3) is 5.69 Å². The number of nitrogens with zero attached hydrogens (tertiary/aromatic N) is 4. The number of halogens is 3. The van der Waals surface area contributed by atoms with Crippen LogP contribution in [-0.2, 0) is 7.05 Å². The van der Waals surface area contributed by atoms with E-state index in [1.54, 1.807) is 73.3 Å². The lowest BCUT2D eigenvalue weighted by Gasteiger charge is -2.34. The summed E-state index contributed by atoms with van der Waals surface area (Å²) in [6, 6.07) is 15.0. The molecule has 186 valence electrons. The zero-order chi connectivity index (χ0) is 25.6. The van der Waals surface area contributed by atoms with E-state index in [-0.39, 0.29) is 23.5 Å². The number of para-hydroxylation sites is 1. The Kier molecular flexibility index (Phi) is 5.70. The summed E-state index contributed by atoms with van der Waals surface area (Å²) < 4.78 is 45.6. The summed E-state index contributed by atoms with van der Waals surface area (Å²) in [5.41, 5.74) is 1.25. The van der Waals surface area contributed by atoms with Crippen LogP contribution < -0.4 is 16.2 Å². The molecule has 8 nitrogen and oxygen atoms in total. The second kappa shape index (κ2) is 8.74. The van der Waals surface area contributed by atoms with Crippen LogP contribution in [-0.4, -0.2) is 31.2 Å². The normalized spacial score (nSPS) is 17.4. The Morgan fingerprint density at radius 1 is 1.08 bits per heavy atom. The topological polar surface area (TPSA) is 85.9 Å². The maximum absolute atomic E-state index is 13.9. The van der Waals surface area contributed by atoms with Gasteiger partial charge in [-0.3, -0.25) is 14.3 Å². The highest BCUT2D eigenvalue weighted by atomic mass is 19.4. The Balaban J connectivity index is 1.51. The van der Waals surface area contributed by atoms with Gasteiger partial charge in [-0.15, -0.1) is 0 Å². The van der Waals surface area contributed by atoms with Crippen molar-refractivity contribution in [3.05, 3.63) is 94.0 Å². The highest BCUT2D eigenvalue weighted by Gasteiger charge is 2.47. The summed E-state index contributed by atoms with van der Waals surface area (Å²) in [7, 11) is 1.68. The minimum absolute atomic E-state index is 0.0362. The third-order valence-electron chi connectivity index (χ3n) is 6.48. The van der Waals surface area contributed by atoms with Crippen molar-refractivity contribution >= 4 is 17.4 Å². The summed E-state index contributed by atoms with van der Waals surface area (Å²) >= 11 is 0. The van der Waals surface area contributed by atoms with E-state index in [1.165, 1.54) is 4.68 Å². The number of carbonyl (C=O) groups excluding carboxylic acids is 1. The fourth-order valence-corrected chi connectivity index (χ4v) is 4.53. The molecule has 0 radical (unpaired) electrons. The molecule has 2 aromatic heterocycles. The molecule has 36 heavy (non-hydrogen) atoms. The molecule has 0 unspecified atom stereocenters. The van der Waals surface area contributed by atoms with Crippen LogP contribution in [0.3, 0.4) is 0 Å². The molecular formula is C25H23F3N6O2. The number of amides is 1. The van der Waals surface area contributed by atoms with Gasteiger partial charge in [-0.2, -0.15) is 18.3 Å². The first-order chi connectivity index (χ1) is 17.2. The second-order valence-corrected chi connectivity index (χ2v) is 8.64. The maximum atomic E-state index is 13.9. The highest BCUT2D eigenvalue weighted by Crippen LogP contribution is 2.44. The van der Waals surface area contributed by atoms with Gasteiger partial charge in [0.15, 0.2) is 6.04 Å². The van der Waals surface area contributed by atoms with E-state index in [2.05, 4.69) is 15.7 Å². The average Bonchev–Trinajstić information content (AvgIpc) is 3.38. The van der Waals surface area contributed by atoms with E-state index < -0.39 is 29.7 Å². The van der Waals surface area contributed by atoms with Crippen molar-refractivity contribution in [3.63, 3.8) is 0 Å². The number of fused-ring (bicyclic) bond motifs is 1. The molecule has 2 N–H and O–H groups in total. The molecule has 2 atom stereocenters. The molecule has 11 heteroatoms. The number of nitrogens with one attached hydrogen (secondary N) is 2. The van der Waals surface area contributed by atoms with E-state index in [9.17, 15) is 22.8 Å². The van der Waals surface area contributed by atoms with Gasteiger partial charge in [0, 0.05) is 13.5 Å². The van der Waals surface area contributed by atoms with E-state index in [4.69, 9.17) is 0 Å².